The van der Waals surface area contributed by atoms with Crippen molar-refractivity contribution in [2.75, 3.05) is 23.7 Å². The fraction of sp³-hybridized carbons (Fsp3) is 0.500. The molecular formula is C10H14ClN5O2. The second kappa shape index (κ2) is 5.26. The van der Waals surface area contributed by atoms with Crippen LogP contribution in [0.25, 0.3) is 0 Å². The van der Waals surface area contributed by atoms with Crippen LogP contribution < -0.4 is 16.4 Å². The lowest BCUT2D eigenvalue weighted by Gasteiger charge is -2.32. The van der Waals surface area contributed by atoms with E-state index < -0.39 is 6.09 Å². The lowest BCUT2D eigenvalue weighted by atomic mass is 10.1. The van der Waals surface area contributed by atoms with Crippen LogP contribution in [-0.2, 0) is 4.74 Å². The van der Waals surface area contributed by atoms with E-state index in [0.717, 1.165) is 0 Å². The molecule has 1 aliphatic heterocycles. The zero-order valence-electron chi connectivity index (χ0n) is 9.67. The Morgan fingerprint density at radius 2 is 2.11 bits per heavy atom. The summed E-state index contributed by atoms with van der Waals surface area (Å²) in [6.07, 6.45) is 0.533. The van der Waals surface area contributed by atoms with E-state index >= 15 is 0 Å². The minimum Gasteiger partial charge on any atom is -0.446 e. The largest absolute Gasteiger partial charge is 0.446 e. The fourth-order valence-corrected chi connectivity index (χ4v) is 2.14. The van der Waals surface area contributed by atoms with E-state index in [1.807, 2.05) is 4.90 Å². The summed E-state index contributed by atoms with van der Waals surface area (Å²) in [6.45, 7) is 1.40. The van der Waals surface area contributed by atoms with Gasteiger partial charge in [-0.2, -0.15) is 4.98 Å². The summed E-state index contributed by atoms with van der Waals surface area (Å²) in [5.41, 5.74) is 10.5. The van der Waals surface area contributed by atoms with Gasteiger partial charge in [-0.3, -0.25) is 0 Å². The van der Waals surface area contributed by atoms with Crippen LogP contribution in [-0.4, -0.2) is 35.3 Å². The first-order valence-electron chi connectivity index (χ1n) is 5.55. The van der Waals surface area contributed by atoms with Crippen LogP contribution in [0.5, 0.6) is 0 Å². The van der Waals surface area contributed by atoms with Crippen molar-refractivity contribution in [3.8, 4) is 0 Å². The fourth-order valence-electron chi connectivity index (χ4n) is 1.95. The number of primary amides is 1. The van der Waals surface area contributed by atoms with E-state index in [0.29, 0.717) is 36.9 Å². The van der Waals surface area contributed by atoms with Crippen molar-refractivity contribution in [2.45, 2.75) is 18.9 Å². The molecule has 0 bridgehead atoms. The average Bonchev–Trinajstić information content (AvgIpc) is 2.27. The van der Waals surface area contributed by atoms with Gasteiger partial charge in [0.1, 0.15) is 17.1 Å². The number of amides is 1. The Morgan fingerprint density at radius 1 is 1.44 bits per heavy atom. The Balaban J connectivity index is 1.98. The Hall–Kier alpha value is -1.76. The SMILES string of the molecule is NC(=O)OC1CCN(c2cc(Cl)nc(N)n2)CC1. The number of anilines is 2. The number of carbonyl (C=O) groups is 1. The van der Waals surface area contributed by atoms with Crippen LogP contribution in [0.3, 0.4) is 0 Å². The molecule has 1 amide bonds. The van der Waals surface area contributed by atoms with Crippen molar-refractivity contribution in [1.82, 2.24) is 9.97 Å². The van der Waals surface area contributed by atoms with Crippen molar-refractivity contribution >= 4 is 29.5 Å². The van der Waals surface area contributed by atoms with E-state index in [4.69, 9.17) is 27.8 Å². The van der Waals surface area contributed by atoms with E-state index in [9.17, 15) is 4.79 Å². The van der Waals surface area contributed by atoms with Gasteiger partial charge in [0.25, 0.3) is 0 Å². The molecule has 18 heavy (non-hydrogen) atoms. The van der Waals surface area contributed by atoms with Crippen molar-refractivity contribution in [2.24, 2.45) is 5.73 Å². The number of nitrogens with two attached hydrogens (primary N) is 2. The molecule has 2 rings (SSSR count). The summed E-state index contributed by atoms with van der Waals surface area (Å²) in [4.78, 5) is 20.6. The Labute approximate surface area is 109 Å². The average molecular weight is 272 g/mol. The molecule has 4 N–H and O–H groups in total. The van der Waals surface area contributed by atoms with E-state index in [-0.39, 0.29) is 12.1 Å². The molecule has 1 aromatic heterocycles. The summed E-state index contributed by atoms with van der Waals surface area (Å²) < 4.78 is 4.95. The maximum absolute atomic E-state index is 10.6. The zero-order valence-corrected chi connectivity index (χ0v) is 10.4. The third-order valence-corrected chi connectivity index (χ3v) is 2.94. The molecule has 0 radical (unpaired) electrons. The molecule has 0 spiro atoms. The Kier molecular flexibility index (Phi) is 3.71. The van der Waals surface area contributed by atoms with E-state index in [1.165, 1.54) is 0 Å². The molecule has 8 heteroatoms. The van der Waals surface area contributed by atoms with Crippen molar-refractivity contribution < 1.29 is 9.53 Å². The standard InChI is InChI=1S/C10H14ClN5O2/c11-7-5-8(15-9(12)14-7)16-3-1-6(2-4-16)18-10(13)17/h5-6H,1-4H2,(H2,13,17)(H2,12,14,15). The molecule has 1 aromatic rings. The van der Waals surface area contributed by atoms with Gasteiger partial charge in [0.2, 0.25) is 5.95 Å². The van der Waals surface area contributed by atoms with Gasteiger partial charge in [-0.25, -0.2) is 9.78 Å². The van der Waals surface area contributed by atoms with Crippen molar-refractivity contribution in [1.29, 1.82) is 0 Å². The second-order valence-corrected chi connectivity index (χ2v) is 4.42. The molecule has 1 aliphatic rings. The molecule has 0 unspecified atom stereocenters. The van der Waals surface area contributed by atoms with Gasteiger partial charge in [0, 0.05) is 32.0 Å². The second-order valence-electron chi connectivity index (χ2n) is 4.03. The Bertz CT molecular complexity index is 428. The number of carbonyl (C=O) groups excluding carboxylic acids is 1. The van der Waals surface area contributed by atoms with Gasteiger partial charge >= 0.3 is 6.09 Å². The van der Waals surface area contributed by atoms with Gasteiger partial charge in [-0.05, 0) is 0 Å². The minimum absolute atomic E-state index is 0.131. The van der Waals surface area contributed by atoms with Crippen LogP contribution in [0, 0.1) is 0 Å². The molecule has 0 aliphatic carbocycles. The first kappa shape index (κ1) is 12.7. The number of aromatic nitrogens is 2. The highest BCUT2D eigenvalue weighted by molar-refractivity contribution is 6.29. The highest BCUT2D eigenvalue weighted by Gasteiger charge is 2.22. The minimum atomic E-state index is -0.734. The summed E-state index contributed by atoms with van der Waals surface area (Å²) in [5.74, 6) is 0.832. The maximum Gasteiger partial charge on any atom is 0.404 e. The number of nitrogens with zero attached hydrogens (tertiary/aromatic N) is 3. The predicted molar refractivity (Wildman–Crippen MR) is 67.4 cm³/mol. The van der Waals surface area contributed by atoms with Crippen molar-refractivity contribution in [3.05, 3.63) is 11.2 Å². The van der Waals surface area contributed by atoms with Gasteiger partial charge < -0.3 is 21.1 Å². The number of hydrogen-bond acceptors (Lipinski definition) is 6. The van der Waals surface area contributed by atoms with E-state index in [2.05, 4.69) is 9.97 Å². The number of piperidine rings is 1. The molecule has 7 nitrogen and oxygen atoms in total. The summed E-state index contributed by atoms with van der Waals surface area (Å²) in [5, 5.41) is 0.313. The third-order valence-electron chi connectivity index (χ3n) is 2.75. The van der Waals surface area contributed by atoms with Gasteiger partial charge in [0.05, 0.1) is 0 Å². The molecule has 2 heterocycles. The third kappa shape index (κ3) is 3.13. The lowest BCUT2D eigenvalue weighted by Crippen LogP contribution is -2.39. The highest BCUT2D eigenvalue weighted by Crippen LogP contribution is 2.22. The van der Waals surface area contributed by atoms with Crippen LogP contribution in [0.15, 0.2) is 6.07 Å². The van der Waals surface area contributed by atoms with Crippen LogP contribution in [0.1, 0.15) is 12.8 Å². The highest BCUT2D eigenvalue weighted by atomic mass is 35.5. The predicted octanol–water partition coefficient (Wildman–Crippen LogP) is 0.776. The number of nitrogen functional groups attached to an aromatic ring is 1. The van der Waals surface area contributed by atoms with Crippen LogP contribution in [0.4, 0.5) is 16.6 Å². The zero-order chi connectivity index (χ0) is 13.1. The first-order valence-corrected chi connectivity index (χ1v) is 5.93. The number of rotatable bonds is 2. The quantitative estimate of drug-likeness (QED) is 0.770. The van der Waals surface area contributed by atoms with Crippen LogP contribution >= 0.6 is 11.6 Å². The normalized spacial score (nSPS) is 16.6. The van der Waals surface area contributed by atoms with E-state index in [1.54, 1.807) is 6.07 Å². The molecule has 0 aromatic carbocycles. The monoisotopic (exact) mass is 271 g/mol. The van der Waals surface area contributed by atoms with Gasteiger partial charge in [-0.1, -0.05) is 11.6 Å². The first-order chi connectivity index (χ1) is 8.54. The molecule has 98 valence electrons. The van der Waals surface area contributed by atoms with Crippen molar-refractivity contribution in [3.63, 3.8) is 0 Å². The number of halogens is 1. The van der Waals surface area contributed by atoms with Gasteiger partial charge in [0.15, 0.2) is 0 Å². The smallest absolute Gasteiger partial charge is 0.404 e. The topological polar surface area (TPSA) is 107 Å². The lowest BCUT2D eigenvalue weighted by molar-refractivity contribution is 0.0912. The molecule has 1 saturated heterocycles. The maximum atomic E-state index is 10.6. The molecule has 0 atom stereocenters. The summed E-state index contributed by atoms with van der Waals surface area (Å²) in [7, 11) is 0. The summed E-state index contributed by atoms with van der Waals surface area (Å²) >= 11 is 5.82. The number of hydrogen-bond donors (Lipinski definition) is 2. The molecule has 1 fully saturated rings. The molecule has 0 saturated carbocycles. The Morgan fingerprint density at radius 3 is 2.67 bits per heavy atom. The molecular weight excluding hydrogens is 258 g/mol. The van der Waals surface area contributed by atoms with Crippen LogP contribution in [0.2, 0.25) is 5.15 Å². The number of ether oxygens (including phenoxy) is 1. The summed E-state index contributed by atoms with van der Waals surface area (Å²) in [6, 6.07) is 1.66. The van der Waals surface area contributed by atoms with Gasteiger partial charge in [-0.15, -0.1) is 0 Å².